The Balaban J connectivity index is 1.47. The number of nitrogens with one attached hydrogen (secondary N) is 1. The largest absolute Gasteiger partial charge is 0.471 e. The number of hydrogen-bond acceptors (Lipinski definition) is 7. The summed E-state index contributed by atoms with van der Waals surface area (Å²) in [5.41, 5.74) is -1.29. The van der Waals surface area contributed by atoms with E-state index in [4.69, 9.17) is 54.3 Å². The van der Waals surface area contributed by atoms with Crippen molar-refractivity contribution in [2.24, 2.45) is 11.8 Å². The molecule has 13 heteroatoms. The van der Waals surface area contributed by atoms with Crippen LogP contribution in [0, 0.1) is 34.8 Å². The lowest BCUT2D eigenvalue weighted by molar-refractivity contribution is -0.114. The van der Waals surface area contributed by atoms with Gasteiger partial charge in [-0.15, -0.1) is 0 Å². The van der Waals surface area contributed by atoms with Crippen molar-refractivity contribution >= 4 is 52.3 Å². The number of carbonyl (C=O) groups is 1. The molecule has 37 heavy (non-hydrogen) atoms. The number of pyridine rings is 1. The van der Waals surface area contributed by atoms with Gasteiger partial charge in [0.25, 0.3) is 5.88 Å². The Labute approximate surface area is 227 Å². The van der Waals surface area contributed by atoms with Crippen molar-refractivity contribution < 1.29 is 27.8 Å². The lowest BCUT2D eigenvalue weighted by Crippen LogP contribution is -2.59. The van der Waals surface area contributed by atoms with E-state index in [0.717, 1.165) is 6.07 Å². The van der Waals surface area contributed by atoms with Gasteiger partial charge >= 0.3 is 6.09 Å². The van der Waals surface area contributed by atoms with Gasteiger partial charge in [-0.3, -0.25) is 0 Å². The van der Waals surface area contributed by atoms with Gasteiger partial charge in [0.15, 0.2) is 5.60 Å². The molecule has 2 saturated heterocycles. The van der Waals surface area contributed by atoms with E-state index in [1.807, 2.05) is 6.07 Å². The number of nitrogens with zero attached hydrogens (tertiary/aromatic N) is 3. The highest BCUT2D eigenvalue weighted by Crippen LogP contribution is 2.41. The molecule has 0 aliphatic carbocycles. The number of ether oxygens (including phenoxy) is 3. The Morgan fingerprint density at radius 2 is 1.86 bits per heavy atom. The second-order valence-electron chi connectivity index (χ2n) is 9.33. The van der Waals surface area contributed by atoms with Crippen molar-refractivity contribution in [1.82, 2.24) is 9.88 Å². The number of aromatic nitrogens is 1. The minimum atomic E-state index is -1.83. The first kappa shape index (κ1) is 27.5. The molecule has 3 heterocycles. The van der Waals surface area contributed by atoms with Crippen LogP contribution in [0.2, 0.25) is 0 Å². The van der Waals surface area contributed by atoms with E-state index in [2.05, 4.69) is 10.3 Å². The van der Waals surface area contributed by atoms with Gasteiger partial charge < -0.3 is 24.4 Å². The van der Waals surface area contributed by atoms with Crippen molar-refractivity contribution in [2.45, 2.75) is 29.3 Å². The number of nitriles is 1. The van der Waals surface area contributed by atoms with Crippen LogP contribution in [-0.2, 0) is 9.47 Å². The second-order valence-corrected chi connectivity index (χ2v) is 11.6. The number of benzene rings is 1. The Morgan fingerprint density at radius 3 is 2.46 bits per heavy atom. The SMILES string of the molecule is CC(C)(OC(=O)N1CC2COCC(C1)C2Oc1nccc(Nc2ccc(C#N)cc2F)c1F)C(Cl)(Cl)Cl. The first-order valence-corrected chi connectivity index (χ1v) is 12.4. The molecule has 1 N–H and O–H groups in total. The molecule has 0 saturated carbocycles. The molecule has 2 fully saturated rings. The Kier molecular flexibility index (Phi) is 7.91. The molecule has 0 spiro atoms. The highest BCUT2D eigenvalue weighted by Gasteiger charge is 2.48. The normalized spacial score (nSPS) is 21.7. The van der Waals surface area contributed by atoms with Crippen LogP contribution in [0.5, 0.6) is 5.88 Å². The Morgan fingerprint density at radius 1 is 1.19 bits per heavy atom. The zero-order valence-electron chi connectivity index (χ0n) is 19.8. The number of carbonyl (C=O) groups excluding carboxylic acids is 1. The minimum absolute atomic E-state index is 0.00933. The highest BCUT2D eigenvalue weighted by molar-refractivity contribution is 6.68. The lowest BCUT2D eigenvalue weighted by Gasteiger charge is -2.46. The smallest absolute Gasteiger partial charge is 0.410 e. The monoisotopic (exact) mass is 574 g/mol. The van der Waals surface area contributed by atoms with Gasteiger partial charge in [0.05, 0.1) is 36.2 Å². The molecule has 2 aliphatic heterocycles. The van der Waals surface area contributed by atoms with Crippen LogP contribution in [0.4, 0.5) is 25.0 Å². The predicted octanol–water partition coefficient (Wildman–Crippen LogP) is 5.59. The van der Waals surface area contributed by atoms with E-state index in [-0.39, 0.29) is 61.0 Å². The summed E-state index contributed by atoms with van der Waals surface area (Å²) < 4.78 is 44.8. The van der Waals surface area contributed by atoms with E-state index in [1.165, 1.54) is 43.1 Å². The number of alkyl halides is 3. The van der Waals surface area contributed by atoms with Crippen LogP contribution in [0.25, 0.3) is 0 Å². The number of halogens is 5. The van der Waals surface area contributed by atoms with Crippen molar-refractivity contribution in [3.8, 4) is 11.9 Å². The number of hydrogen-bond donors (Lipinski definition) is 1. The summed E-state index contributed by atoms with van der Waals surface area (Å²) in [7, 11) is 0. The lowest BCUT2D eigenvalue weighted by atomic mass is 9.84. The van der Waals surface area contributed by atoms with Gasteiger partial charge in [0, 0.05) is 31.1 Å². The maximum Gasteiger partial charge on any atom is 0.410 e. The van der Waals surface area contributed by atoms with Gasteiger partial charge in [0.1, 0.15) is 11.9 Å². The molecular weight excluding hydrogens is 553 g/mol. The predicted molar refractivity (Wildman–Crippen MR) is 133 cm³/mol. The molecule has 2 unspecified atom stereocenters. The number of amides is 1. The molecule has 4 rings (SSSR count). The zero-order valence-corrected chi connectivity index (χ0v) is 22.1. The maximum absolute atomic E-state index is 15.3. The van der Waals surface area contributed by atoms with Crippen molar-refractivity contribution in [3.63, 3.8) is 0 Å². The zero-order chi connectivity index (χ0) is 27.0. The first-order chi connectivity index (χ1) is 17.4. The average molecular weight is 576 g/mol. The van der Waals surface area contributed by atoms with Crippen LogP contribution >= 0.6 is 34.8 Å². The van der Waals surface area contributed by atoms with Crippen LogP contribution < -0.4 is 10.1 Å². The van der Waals surface area contributed by atoms with E-state index >= 15 is 4.39 Å². The summed E-state index contributed by atoms with van der Waals surface area (Å²) in [6, 6.07) is 6.99. The molecule has 2 aromatic rings. The molecule has 0 radical (unpaired) electrons. The van der Waals surface area contributed by atoms with E-state index in [0.29, 0.717) is 0 Å². The summed E-state index contributed by atoms with van der Waals surface area (Å²) in [6.45, 7) is 3.97. The molecule has 2 aliphatic rings. The Bertz CT molecular complexity index is 1210. The number of anilines is 2. The molecule has 1 aromatic heterocycles. The molecule has 2 bridgehead atoms. The molecule has 1 amide bonds. The van der Waals surface area contributed by atoms with Crippen molar-refractivity contribution in [2.75, 3.05) is 31.6 Å². The third-order valence-electron chi connectivity index (χ3n) is 6.26. The van der Waals surface area contributed by atoms with Gasteiger partial charge in [-0.1, -0.05) is 34.8 Å². The maximum atomic E-state index is 15.3. The van der Waals surface area contributed by atoms with Gasteiger partial charge in [-0.2, -0.15) is 9.65 Å². The summed E-state index contributed by atoms with van der Waals surface area (Å²) in [4.78, 5) is 18.3. The summed E-state index contributed by atoms with van der Waals surface area (Å²) in [6.07, 6.45) is 0.189. The molecule has 198 valence electrons. The molecule has 8 nitrogen and oxygen atoms in total. The summed E-state index contributed by atoms with van der Waals surface area (Å²) in [5.74, 6) is -2.39. The highest BCUT2D eigenvalue weighted by atomic mass is 35.6. The summed E-state index contributed by atoms with van der Waals surface area (Å²) >= 11 is 17.8. The third kappa shape index (κ3) is 5.96. The van der Waals surface area contributed by atoms with Crippen LogP contribution in [-0.4, -0.2) is 57.8 Å². The number of likely N-dealkylation sites (tertiary alicyclic amines) is 1. The van der Waals surface area contributed by atoms with Gasteiger partial charge in [-0.05, 0) is 38.1 Å². The topological polar surface area (TPSA) is 96.7 Å². The molecular formula is C24H23Cl3F2N4O4. The first-order valence-electron chi connectivity index (χ1n) is 11.3. The quantitative estimate of drug-likeness (QED) is 0.465. The number of rotatable bonds is 5. The van der Waals surface area contributed by atoms with E-state index in [9.17, 15) is 9.18 Å². The van der Waals surface area contributed by atoms with Crippen LogP contribution in [0.1, 0.15) is 19.4 Å². The third-order valence-corrected chi connectivity index (χ3v) is 7.62. The Hall–Kier alpha value is -2.58. The fourth-order valence-corrected chi connectivity index (χ4v) is 4.26. The van der Waals surface area contributed by atoms with Crippen molar-refractivity contribution in [3.05, 3.63) is 47.7 Å². The molecule has 2 atom stereocenters. The second kappa shape index (κ2) is 10.7. The fraction of sp³-hybridized carbons (Fsp3) is 0.458. The van der Waals surface area contributed by atoms with E-state index < -0.39 is 33.2 Å². The van der Waals surface area contributed by atoms with Crippen molar-refractivity contribution in [1.29, 1.82) is 5.26 Å². The van der Waals surface area contributed by atoms with E-state index in [1.54, 1.807) is 0 Å². The average Bonchev–Trinajstić information content (AvgIpc) is 2.81. The number of fused-ring (bicyclic) bond motifs is 2. The standard InChI is InChI=1S/C24H23Cl3F2N4O4/c1-23(2,24(25,26)27)37-22(34)33-9-14-11-35-12-15(10-33)20(14)36-21-19(29)18(5-6-31-21)32-17-4-3-13(8-30)7-16(17)28/h3-7,14-15,20H,9-12H2,1-2H3,(H,31,32). The minimum Gasteiger partial charge on any atom is -0.471 e. The number of piperidine rings is 1. The van der Waals surface area contributed by atoms with Gasteiger partial charge in [0.2, 0.25) is 9.61 Å². The molecule has 1 aromatic carbocycles. The fourth-order valence-electron chi connectivity index (χ4n) is 4.14. The van der Waals surface area contributed by atoms with Crippen LogP contribution in [0.3, 0.4) is 0 Å². The van der Waals surface area contributed by atoms with Crippen LogP contribution in [0.15, 0.2) is 30.5 Å². The summed E-state index contributed by atoms with van der Waals surface area (Å²) in [5, 5.41) is 11.6. The van der Waals surface area contributed by atoms with Gasteiger partial charge in [-0.25, -0.2) is 14.2 Å².